The van der Waals surface area contributed by atoms with Crippen LogP contribution in [0.1, 0.15) is 49.7 Å². The summed E-state index contributed by atoms with van der Waals surface area (Å²) in [4.78, 5) is 14.8. The Morgan fingerprint density at radius 1 is 1.25 bits per heavy atom. The third-order valence-electron chi connectivity index (χ3n) is 4.32. The number of aromatic nitrogens is 3. The highest BCUT2D eigenvalue weighted by Gasteiger charge is 2.27. The molecule has 0 aliphatic carbocycles. The van der Waals surface area contributed by atoms with Gasteiger partial charge in [-0.2, -0.15) is 0 Å². The van der Waals surface area contributed by atoms with Gasteiger partial charge in [-0.25, -0.2) is 4.68 Å². The topological polar surface area (TPSA) is 60.2 Å². The smallest absolute Gasteiger partial charge is 0.280 e. The molecule has 128 valence electrons. The number of fused-ring (bicyclic) bond motifs is 1. The largest absolute Gasteiger partial charge is 0.496 e. The molecule has 0 unspecified atom stereocenters. The van der Waals surface area contributed by atoms with Gasteiger partial charge in [0.1, 0.15) is 5.75 Å². The lowest BCUT2D eigenvalue weighted by atomic mass is 10.1. The maximum Gasteiger partial charge on any atom is 0.280 e. The first kappa shape index (κ1) is 16.5. The second kappa shape index (κ2) is 6.26. The molecule has 3 rings (SSSR count). The molecular formula is C18H24N4O2. The van der Waals surface area contributed by atoms with Gasteiger partial charge in [0.15, 0.2) is 5.69 Å². The Balaban J connectivity index is 1.98. The van der Waals surface area contributed by atoms with Crippen LogP contribution in [-0.4, -0.2) is 34.6 Å². The van der Waals surface area contributed by atoms with Crippen molar-refractivity contribution in [3.8, 4) is 5.75 Å². The first-order chi connectivity index (χ1) is 11.4. The van der Waals surface area contributed by atoms with Gasteiger partial charge in [-0.1, -0.05) is 11.3 Å². The molecule has 0 fully saturated rings. The maximum absolute atomic E-state index is 13.0. The molecule has 0 N–H and O–H groups in total. The Labute approximate surface area is 142 Å². The minimum atomic E-state index is -0.203. The van der Waals surface area contributed by atoms with Crippen molar-refractivity contribution in [2.45, 2.75) is 45.6 Å². The predicted octanol–water partition coefficient (Wildman–Crippen LogP) is 3.02. The van der Waals surface area contributed by atoms with Gasteiger partial charge in [-0.3, -0.25) is 4.79 Å². The molecule has 0 atom stereocenters. The van der Waals surface area contributed by atoms with Gasteiger partial charge in [0.25, 0.3) is 5.91 Å². The van der Waals surface area contributed by atoms with E-state index >= 15 is 0 Å². The molecule has 1 aliphatic heterocycles. The van der Waals surface area contributed by atoms with E-state index in [-0.39, 0.29) is 11.4 Å². The van der Waals surface area contributed by atoms with Crippen LogP contribution in [0.2, 0.25) is 0 Å². The fourth-order valence-electron chi connectivity index (χ4n) is 2.98. The Bertz CT molecular complexity index is 746. The van der Waals surface area contributed by atoms with E-state index in [0.717, 1.165) is 36.3 Å². The van der Waals surface area contributed by atoms with Crippen molar-refractivity contribution in [2.75, 3.05) is 18.6 Å². The molecule has 24 heavy (non-hydrogen) atoms. The van der Waals surface area contributed by atoms with Crippen LogP contribution in [0.4, 0.5) is 5.69 Å². The predicted molar refractivity (Wildman–Crippen MR) is 92.6 cm³/mol. The molecular weight excluding hydrogens is 304 g/mol. The minimum Gasteiger partial charge on any atom is -0.496 e. The number of ether oxygens (including phenoxy) is 1. The zero-order chi connectivity index (χ0) is 17.3. The van der Waals surface area contributed by atoms with Gasteiger partial charge < -0.3 is 9.64 Å². The van der Waals surface area contributed by atoms with E-state index in [1.165, 1.54) is 0 Å². The highest BCUT2D eigenvalue weighted by atomic mass is 16.5. The molecule has 1 aromatic heterocycles. The summed E-state index contributed by atoms with van der Waals surface area (Å²) in [7, 11) is 1.67. The van der Waals surface area contributed by atoms with E-state index in [9.17, 15) is 4.79 Å². The second-order valence-corrected chi connectivity index (χ2v) is 7.09. The standard InChI is InChI=1S/C18H24N4O2/c1-18(2,3)22-12-14(19-20-22)17(23)21-11-6-5-8-13-15(21)9-7-10-16(13)24-4/h7,9-10,12H,5-6,8,11H2,1-4H3. The van der Waals surface area contributed by atoms with Crippen LogP contribution in [0.5, 0.6) is 5.75 Å². The van der Waals surface area contributed by atoms with Crippen molar-refractivity contribution in [1.29, 1.82) is 0 Å². The Hall–Kier alpha value is -2.37. The molecule has 6 nitrogen and oxygen atoms in total. The molecule has 0 radical (unpaired) electrons. The average molecular weight is 328 g/mol. The summed E-state index contributed by atoms with van der Waals surface area (Å²) >= 11 is 0. The number of carbonyl (C=O) groups is 1. The highest BCUT2D eigenvalue weighted by molar-refractivity contribution is 6.05. The average Bonchev–Trinajstić information content (AvgIpc) is 2.95. The van der Waals surface area contributed by atoms with E-state index in [1.54, 1.807) is 18.0 Å². The normalized spacial score (nSPS) is 14.9. The van der Waals surface area contributed by atoms with Gasteiger partial charge in [-0.05, 0) is 52.2 Å². The molecule has 1 amide bonds. The zero-order valence-electron chi connectivity index (χ0n) is 14.7. The number of hydrogen-bond acceptors (Lipinski definition) is 4. The van der Waals surface area contributed by atoms with Gasteiger partial charge in [0.2, 0.25) is 0 Å². The van der Waals surface area contributed by atoms with Gasteiger partial charge in [-0.15, -0.1) is 5.10 Å². The SMILES string of the molecule is COc1cccc2c1CCCCN2C(=O)c1cn(C(C)(C)C)nn1. The summed E-state index contributed by atoms with van der Waals surface area (Å²) in [5, 5.41) is 8.21. The monoisotopic (exact) mass is 328 g/mol. The second-order valence-electron chi connectivity index (χ2n) is 7.09. The molecule has 0 saturated heterocycles. The molecule has 0 bridgehead atoms. The van der Waals surface area contributed by atoms with Crippen LogP contribution in [-0.2, 0) is 12.0 Å². The van der Waals surface area contributed by atoms with Crippen molar-refractivity contribution in [1.82, 2.24) is 15.0 Å². The number of nitrogens with zero attached hydrogens (tertiary/aromatic N) is 4. The highest BCUT2D eigenvalue weighted by Crippen LogP contribution is 2.34. The van der Waals surface area contributed by atoms with Crippen molar-refractivity contribution < 1.29 is 9.53 Å². The third-order valence-corrected chi connectivity index (χ3v) is 4.32. The lowest BCUT2D eigenvalue weighted by Gasteiger charge is -2.23. The molecule has 2 aromatic rings. The molecule has 1 aromatic carbocycles. The van der Waals surface area contributed by atoms with E-state index in [4.69, 9.17) is 4.74 Å². The Kier molecular flexibility index (Phi) is 4.30. The summed E-state index contributed by atoms with van der Waals surface area (Å²) in [5.41, 5.74) is 2.18. The third kappa shape index (κ3) is 3.00. The van der Waals surface area contributed by atoms with Crippen molar-refractivity contribution in [3.05, 3.63) is 35.7 Å². The summed E-state index contributed by atoms with van der Waals surface area (Å²) in [6, 6.07) is 5.85. The number of amides is 1. The van der Waals surface area contributed by atoms with Crippen LogP contribution in [0.25, 0.3) is 0 Å². The van der Waals surface area contributed by atoms with E-state index in [0.29, 0.717) is 12.2 Å². The van der Waals surface area contributed by atoms with Gasteiger partial charge >= 0.3 is 0 Å². The molecule has 0 saturated carbocycles. The molecule has 0 spiro atoms. The summed E-state index contributed by atoms with van der Waals surface area (Å²) in [6.45, 7) is 6.77. The number of rotatable bonds is 2. The fraction of sp³-hybridized carbons (Fsp3) is 0.500. The summed E-state index contributed by atoms with van der Waals surface area (Å²) in [6.07, 6.45) is 4.63. The maximum atomic E-state index is 13.0. The van der Waals surface area contributed by atoms with Crippen LogP contribution >= 0.6 is 0 Å². The molecule has 6 heteroatoms. The van der Waals surface area contributed by atoms with Crippen molar-refractivity contribution in [2.24, 2.45) is 0 Å². The van der Waals surface area contributed by atoms with E-state index < -0.39 is 0 Å². The Morgan fingerprint density at radius 2 is 2.04 bits per heavy atom. The minimum absolute atomic E-state index is 0.109. The number of hydrogen-bond donors (Lipinski definition) is 0. The number of anilines is 1. The van der Waals surface area contributed by atoms with Crippen LogP contribution in [0.15, 0.2) is 24.4 Å². The summed E-state index contributed by atoms with van der Waals surface area (Å²) in [5.74, 6) is 0.729. The number of methoxy groups -OCH3 is 1. The zero-order valence-corrected chi connectivity index (χ0v) is 14.7. The quantitative estimate of drug-likeness (QED) is 0.850. The number of benzene rings is 1. The van der Waals surface area contributed by atoms with Crippen LogP contribution < -0.4 is 9.64 Å². The van der Waals surface area contributed by atoms with E-state index in [2.05, 4.69) is 10.3 Å². The van der Waals surface area contributed by atoms with Crippen LogP contribution in [0.3, 0.4) is 0 Å². The molecule has 2 heterocycles. The van der Waals surface area contributed by atoms with Crippen LogP contribution in [0, 0.1) is 0 Å². The first-order valence-corrected chi connectivity index (χ1v) is 8.32. The lowest BCUT2D eigenvalue weighted by molar-refractivity contribution is 0.0982. The van der Waals surface area contributed by atoms with Gasteiger partial charge in [0.05, 0.1) is 24.5 Å². The Morgan fingerprint density at radius 3 is 2.71 bits per heavy atom. The molecule has 1 aliphatic rings. The van der Waals surface area contributed by atoms with E-state index in [1.807, 2.05) is 43.9 Å². The van der Waals surface area contributed by atoms with Crippen molar-refractivity contribution in [3.63, 3.8) is 0 Å². The first-order valence-electron chi connectivity index (χ1n) is 8.32. The number of carbonyl (C=O) groups excluding carboxylic acids is 1. The van der Waals surface area contributed by atoms with Gasteiger partial charge in [0, 0.05) is 12.1 Å². The fourth-order valence-corrected chi connectivity index (χ4v) is 2.98. The lowest BCUT2D eigenvalue weighted by Crippen LogP contribution is -2.32. The van der Waals surface area contributed by atoms with Crippen molar-refractivity contribution >= 4 is 11.6 Å². The summed E-state index contributed by atoms with van der Waals surface area (Å²) < 4.78 is 7.21.